The fourth-order valence-corrected chi connectivity index (χ4v) is 7.78. The molecule has 0 amide bonds. The summed E-state index contributed by atoms with van der Waals surface area (Å²) in [6, 6.07) is 42.7. The Labute approximate surface area is 212 Å². The lowest BCUT2D eigenvalue weighted by Crippen LogP contribution is -2.41. The number of hydrogen-bond donors (Lipinski definition) is 0. The third-order valence-corrected chi connectivity index (χ3v) is 9.44. The van der Waals surface area contributed by atoms with Crippen LogP contribution in [0.5, 0.6) is 0 Å². The molecule has 4 aromatic carbocycles. The largest absolute Gasteiger partial charge is 0.350 e. The first-order chi connectivity index (χ1) is 17.3. The van der Waals surface area contributed by atoms with Gasteiger partial charge in [0.25, 0.3) is 0 Å². The first kappa shape index (κ1) is 24.4. The van der Waals surface area contributed by atoms with E-state index in [2.05, 4.69) is 131 Å². The summed E-state index contributed by atoms with van der Waals surface area (Å²) in [4.78, 5) is 0. The average molecular weight is 499 g/mol. The van der Waals surface area contributed by atoms with Gasteiger partial charge in [0.2, 0.25) is 0 Å². The second-order valence-corrected chi connectivity index (χ2v) is 11.2. The highest BCUT2D eigenvalue weighted by Crippen LogP contribution is 2.50. The van der Waals surface area contributed by atoms with Crippen LogP contribution in [-0.2, 0) is 14.6 Å². The maximum atomic E-state index is 7.01. The van der Waals surface area contributed by atoms with Crippen molar-refractivity contribution < 1.29 is 9.05 Å². The van der Waals surface area contributed by atoms with Crippen LogP contribution in [0.4, 0.5) is 0 Å². The van der Waals surface area contributed by atoms with Gasteiger partial charge in [-0.1, -0.05) is 128 Å². The molecule has 1 aliphatic rings. The number of rotatable bonds is 8. The third kappa shape index (κ3) is 5.28. The van der Waals surface area contributed by atoms with Crippen LogP contribution in [0.3, 0.4) is 0 Å². The fraction of sp³-hybridized carbons (Fsp3) is 0.226. The van der Waals surface area contributed by atoms with Gasteiger partial charge in [-0.15, -0.1) is 0 Å². The van der Waals surface area contributed by atoms with Crippen molar-refractivity contribution in [2.45, 2.75) is 37.4 Å². The summed E-state index contributed by atoms with van der Waals surface area (Å²) in [5, 5.41) is 2.52. The van der Waals surface area contributed by atoms with Crippen molar-refractivity contribution in [3.63, 3.8) is 0 Å². The van der Waals surface area contributed by atoms with E-state index in [1.807, 2.05) is 0 Å². The van der Waals surface area contributed by atoms with Crippen molar-refractivity contribution in [2.24, 2.45) is 5.92 Å². The summed E-state index contributed by atoms with van der Waals surface area (Å²) >= 11 is 0. The molecular formula is C31H32O2P2. The fourth-order valence-electron chi connectivity index (χ4n) is 5.40. The molecule has 1 aliphatic carbocycles. The van der Waals surface area contributed by atoms with Crippen molar-refractivity contribution in [1.82, 2.24) is 0 Å². The minimum atomic E-state index is -0.887. The summed E-state index contributed by atoms with van der Waals surface area (Å²) in [5.41, 5.74) is 1.86. The summed E-state index contributed by atoms with van der Waals surface area (Å²) in [6.07, 6.45) is 4.43. The lowest BCUT2D eigenvalue weighted by molar-refractivity contribution is 0.0110. The van der Waals surface area contributed by atoms with Gasteiger partial charge in [-0.25, -0.2) is 0 Å². The molecule has 0 saturated heterocycles. The second kappa shape index (κ2) is 11.6. The van der Waals surface area contributed by atoms with Gasteiger partial charge in [0.15, 0.2) is 0 Å². The highest BCUT2D eigenvalue weighted by Gasteiger charge is 2.45. The molecular weight excluding hydrogens is 466 g/mol. The Hall–Kier alpha value is -2.34. The molecule has 0 aliphatic heterocycles. The summed E-state index contributed by atoms with van der Waals surface area (Å²) in [7, 11) is 1.70. The van der Waals surface area contributed by atoms with Crippen LogP contribution in [-0.4, -0.2) is 6.10 Å². The molecule has 1 saturated carbocycles. The summed E-state index contributed by atoms with van der Waals surface area (Å²) in [5.74, 6) is 0.298. The monoisotopic (exact) mass is 498 g/mol. The van der Waals surface area contributed by atoms with Gasteiger partial charge >= 0.3 is 0 Å². The van der Waals surface area contributed by atoms with Crippen molar-refractivity contribution in [2.75, 3.05) is 0 Å². The molecule has 3 unspecified atom stereocenters. The Morgan fingerprint density at radius 3 is 1.54 bits per heavy atom. The maximum absolute atomic E-state index is 7.01. The number of hydrogen-bond acceptors (Lipinski definition) is 2. The topological polar surface area (TPSA) is 18.5 Å². The lowest BCUT2D eigenvalue weighted by atomic mass is 9.69. The van der Waals surface area contributed by atoms with E-state index in [9.17, 15) is 0 Å². The van der Waals surface area contributed by atoms with E-state index in [0.29, 0.717) is 5.92 Å². The first-order valence-electron chi connectivity index (χ1n) is 12.4. The molecule has 5 rings (SSSR count). The Morgan fingerprint density at radius 2 is 1.09 bits per heavy atom. The molecule has 0 heterocycles. The second-order valence-electron chi connectivity index (χ2n) is 9.14. The molecule has 0 N–H and O–H groups in total. The van der Waals surface area contributed by atoms with E-state index in [4.69, 9.17) is 9.05 Å². The predicted octanol–water partition coefficient (Wildman–Crippen LogP) is 7.36. The van der Waals surface area contributed by atoms with Crippen LogP contribution in [0.25, 0.3) is 0 Å². The zero-order valence-electron chi connectivity index (χ0n) is 19.9. The molecule has 2 nitrogen and oxygen atoms in total. The average Bonchev–Trinajstić information content (AvgIpc) is 2.95. The van der Waals surface area contributed by atoms with E-state index >= 15 is 0 Å². The van der Waals surface area contributed by atoms with Crippen LogP contribution < -0.4 is 10.6 Å². The summed E-state index contributed by atoms with van der Waals surface area (Å²) in [6.45, 7) is 0. The lowest BCUT2D eigenvalue weighted by Gasteiger charge is -2.44. The third-order valence-electron chi connectivity index (χ3n) is 7.03. The molecule has 35 heavy (non-hydrogen) atoms. The van der Waals surface area contributed by atoms with Crippen LogP contribution in [0.1, 0.15) is 36.8 Å². The number of benzene rings is 4. The minimum Gasteiger partial charge on any atom is -0.350 e. The van der Waals surface area contributed by atoms with Crippen molar-refractivity contribution >= 4 is 28.2 Å². The molecule has 0 radical (unpaired) electrons. The highest BCUT2D eigenvalue weighted by molar-refractivity contribution is 7.68. The SMILES string of the molecule is POC(c1ccccc1)(c1ccccc1)C1CCCC(OP(c2ccccc2)c2ccccc2)C1. The zero-order chi connectivity index (χ0) is 23.9. The highest BCUT2D eigenvalue weighted by atomic mass is 31.1. The summed E-state index contributed by atoms with van der Waals surface area (Å²) < 4.78 is 13.4. The molecule has 1 fully saturated rings. The Balaban J connectivity index is 1.48. The normalized spacial score (nSPS) is 18.5. The molecule has 3 atom stereocenters. The Morgan fingerprint density at radius 1 is 0.629 bits per heavy atom. The van der Waals surface area contributed by atoms with Gasteiger partial charge in [-0.2, -0.15) is 0 Å². The van der Waals surface area contributed by atoms with Gasteiger partial charge in [0.1, 0.15) is 5.60 Å². The van der Waals surface area contributed by atoms with Crippen LogP contribution in [0, 0.1) is 5.92 Å². The van der Waals surface area contributed by atoms with Crippen LogP contribution >= 0.6 is 17.6 Å². The van der Waals surface area contributed by atoms with E-state index in [1.165, 1.54) is 21.7 Å². The molecule has 4 aromatic rings. The molecule has 0 spiro atoms. The molecule has 4 heteroatoms. The first-order valence-corrected chi connectivity index (χ1v) is 14.1. The maximum Gasteiger partial charge on any atom is 0.125 e. The minimum absolute atomic E-state index is 0.173. The van der Waals surface area contributed by atoms with Crippen molar-refractivity contribution in [1.29, 1.82) is 0 Å². The van der Waals surface area contributed by atoms with Gasteiger partial charge in [-0.3, -0.25) is 0 Å². The quantitative estimate of drug-likeness (QED) is 0.236. The van der Waals surface area contributed by atoms with Gasteiger partial charge in [0, 0.05) is 20.1 Å². The van der Waals surface area contributed by atoms with Crippen molar-refractivity contribution in [3.8, 4) is 0 Å². The molecule has 178 valence electrons. The standard InChI is InChI=1S/C31H32O2P2/c34-33-31(25-14-5-1-6-15-25,26-16-7-2-8-17-26)27-18-13-19-28(24-27)32-35(29-20-9-3-10-21-29)30-22-11-4-12-23-30/h1-12,14-17,20-23,27-28H,13,18-19,24,34H2. The van der Waals surface area contributed by atoms with Gasteiger partial charge in [-0.05, 0) is 36.3 Å². The molecule has 0 aromatic heterocycles. The Bertz CT molecular complexity index is 1090. The molecule has 0 bridgehead atoms. The van der Waals surface area contributed by atoms with Gasteiger partial charge in [0.05, 0.1) is 14.3 Å². The van der Waals surface area contributed by atoms with Gasteiger partial charge < -0.3 is 9.05 Å². The zero-order valence-corrected chi connectivity index (χ0v) is 21.9. The smallest absolute Gasteiger partial charge is 0.125 e. The van der Waals surface area contributed by atoms with E-state index in [-0.39, 0.29) is 6.10 Å². The van der Waals surface area contributed by atoms with E-state index in [1.54, 1.807) is 0 Å². The van der Waals surface area contributed by atoms with E-state index < -0.39 is 13.7 Å². The predicted molar refractivity (Wildman–Crippen MR) is 150 cm³/mol. The Kier molecular flexibility index (Phi) is 8.07. The van der Waals surface area contributed by atoms with E-state index in [0.717, 1.165) is 25.7 Å². The van der Waals surface area contributed by atoms with Crippen LogP contribution in [0.2, 0.25) is 0 Å². The van der Waals surface area contributed by atoms with Crippen LogP contribution in [0.15, 0.2) is 121 Å². The van der Waals surface area contributed by atoms with Crippen molar-refractivity contribution in [3.05, 3.63) is 132 Å².